The molecule has 0 spiro atoms. The highest BCUT2D eigenvalue weighted by atomic mass is 16.6. The van der Waals surface area contributed by atoms with Gasteiger partial charge in [-0.1, -0.05) is 44.2 Å². The van der Waals surface area contributed by atoms with E-state index in [1.165, 1.54) is 0 Å². The summed E-state index contributed by atoms with van der Waals surface area (Å²) in [6.45, 7) is 3.76. The van der Waals surface area contributed by atoms with Crippen molar-refractivity contribution in [2.45, 2.75) is 63.8 Å². The van der Waals surface area contributed by atoms with Crippen LogP contribution in [0.5, 0.6) is 0 Å². The second kappa shape index (κ2) is 10.1. The van der Waals surface area contributed by atoms with E-state index in [-0.39, 0.29) is 24.8 Å². The van der Waals surface area contributed by atoms with Gasteiger partial charge in [-0.05, 0) is 37.2 Å². The molecule has 0 saturated heterocycles. The molecular weight excluding hydrogens is 362 g/mol. The topological polar surface area (TPSA) is 131 Å². The molecule has 1 aromatic rings. The minimum Gasteiger partial charge on any atom is -0.436 e. The second-order valence-electron chi connectivity index (χ2n) is 7.59. The van der Waals surface area contributed by atoms with Crippen LogP contribution in [0.4, 0.5) is 4.79 Å². The van der Waals surface area contributed by atoms with Crippen molar-refractivity contribution in [1.29, 1.82) is 0 Å². The number of benzene rings is 1. The number of amides is 3. The molecule has 1 fully saturated rings. The summed E-state index contributed by atoms with van der Waals surface area (Å²) in [6.07, 6.45) is -1.28. The van der Waals surface area contributed by atoms with Gasteiger partial charge in [-0.15, -0.1) is 0 Å². The molecule has 0 aliphatic heterocycles. The normalized spacial score (nSPS) is 16.7. The van der Waals surface area contributed by atoms with E-state index in [1.807, 2.05) is 44.2 Å². The molecule has 154 valence electrons. The zero-order valence-electron chi connectivity index (χ0n) is 16.3. The lowest BCUT2D eigenvalue weighted by atomic mass is 9.99. The van der Waals surface area contributed by atoms with Gasteiger partial charge in [0, 0.05) is 6.04 Å². The zero-order valence-corrected chi connectivity index (χ0v) is 16.3. The van der Waals surface area contributed by atoms with Crippen molar-refractivity contribution in [3.05, 3.63) is 35.9 Å². The van der Waals surface area contributed by atoms with Crippen molar-refractivity contribution in [1.82, 2.24) is 10.6 Å². The largest absolute Gasteiger partial charge is 0.436 e. The first-order valence-corrected chi connectivity index (χ1v) is 9.55. The van der Waals surface area contributed by atoms with Gasteiger partial charge in [-0.25, -0.2) is 4.79 Å². The molecule has 8 heteroatoms. The summed E-state index contributed by atoms with van der Waals surface area (Å²) in [6, 6.07) is 8.42. The van der Waals surface area contributed by atoms with Crippen molar-refractivity contribution < 1.29 is 24.2 Å². The van der Waals surface area contributed by atoms with Gasteiger partial charge in [0.15, 0.2) is 12.2 Å². The first-order chi connectivity index (χ1) is 13.3. The van der Waals surface area contributed by atoms with Gasteiger partial charge in [0.1, 0.15) is 0 Å². The molecule has 3 atom stereocenters. The van der Waals surface area contributed by atoms with Crippen LogP contribution in [0.25, 0.3) is 0 Å². The maximum Gasteiger partial charge on any atom is 0.405 e. The Bertz CT molecular complexity index is 676. The Hall–Kier alpha value is -2.61. The maximum absolute atomic E-state index is 12.7. The molecule has 0 radical (unpaired) electrons. The number of primary amides is 1. The van der Waals surface area contributed by atoms with E-state index in [0.29, 0.717) is 0 Å². The van der Waals surface area contributed by atoms with E-state index in [9.17, 15) is 19.5 Å². The van der Waals surface area contributed by atoms with Gasteiger partial charge < -0.3 is 26.2 Å². The summed E-state index contributed by atoms with van der Waals surface area (Å²) in [5, 5.41) is 16.0. The molecule has 0 aromatic heterocycles. The molecular formula is C20H29N3O5. The Morgan fingerprint density at radius 3 is 2.36 bits per heavy atom. The Labute approximate surface area is 164 Å². The Morgan fingerprint density at radius 2 is 1.82 bits per heavy atom. The first kappa shape index (κ1) is 21.7. The molecule has 1 aliphatic rings. The van der Waals surface area contributed by atoms with E-state index in [2.05, 4.69) is 10.6 Å². The molecule has 0 bridgehead atoms. The fraction of sp³-hybridized carbons (Fsp3) is 0.550. The van der Waals surface area contributed by atoms with Crippen molar-refractivity contribution in [3.63, 3.8) is 0 Å². The summed E-state index contributed by atoms with van der Waals surface area (Å²) >= 11 is 0. The highest BCUT2D eigenvalue weighted by Gasteiger charge is 2.34. The van der Waals surface area contributed by atoms with Crippen LogP contribution in [0.15, 0.2) is 30.3 Å². The standard InChI is InChI=1S/C20H29N3O5/c1-12(2)10-16(28-20(21)27)18(25)23-15(11-13-6-4-3-5-7-13)17(24)19(26)22-14-8-9-14/h3-7,12,14-17,24H,8-11H2,1-2H3,(H2,21,27)(H,22,26)(H,23,25)/t15-,16-,17?/m0/s1. The predicted molar refractivity (Wildman–Crippen MR) is 103 cm³/mol. The third-order valence-corrected chi connectivity index (χ3v) is 4.44. The monoisotopic (exact) mass is 391 g/mol. The number of ether oxygens (including phenoxy) is 1. The lowest BCUT2D eigenvalue weighted by molar-refractivity contribution is -0.135. The number of carbonyl (C=O) groups excluding carboxylic acids is 3. The lowest BCUT2D eigenvalue weighted by Gasteiger charge is -2.26. The Balaban J connectivity index is 2.12. The lowest BCUT2D eigenvalue weighted by Crippen LogP contribution is -2.54. The SMILES string of the molecule is CC(C)C[C@H](OC(N)=O)C(=O)N[C@@H](Cc1ccccc1)C(O)C(=O)NC1CC1. The maximum atomic E-state index is 12.7. The van der Waals surface area contributed by atoms with Crippen molar-refractivity contribution in [2.75, 3.05) is 0 Å². The van der Waals surface area contributed by atoms with Crippen LogP contribution in [-0.2, 0) is 20.7 Å². The van der Waals surface area contributed by atoms with E-state index in [0.717, 1.165) is 18.4 Å². The minimum absolute atomic E-state index is 0.0748. The summed E-state index contributed by atoms with van der Waals surface area (Å²) in [7, 11) is 0. The smallest absolute Gasteiger partial charge is 0.405 e. The first-order valence-electron chi connectivity index (χ1n) is 9.55. The fourth-order valence-corrected chi connectivity index (χ4v) is 2.86. The quantitative estimate of drug-likeness (QED) is 0.470. The number of hydrogen-bond donors (Lipinski definition) is 4. The number of nitrogens with two attached hydrogens (primary N) is 1. The average molecular weight is 391 g/mol. The van der Waals surface area contributed by atoms with Gasteiger partial charge in [-0.2, -0.15) is 0 Å². The number of rotatable bonds is 10. The zero-order chi connectivity index (χ0) is 20.7. The molecule has 1 aliphatic carbocycles. The number of aliphatic hydroxyl groups is 1. The third kappa shape index (κ3) is 7.19. The van der Waals surface area contributed by atoms with E-state index in [4.69, 9.17) is 10.5 Å². The van der Waals surface area contributed by atoms with Crippen molar-refractivity contribution in [3.8, 4) is 0 Å². The van der Waals surface area contributed by atoms with Gasteiger partial charge >= 0.3 is 6.09 Å². The summed E-state index contributed by atoms with van der Waals surface area (Å²) in [5.41, 5.74) is 5.93. The molecule has 8 nitrogen and oxygen atoms in total. The minimum atomic E-state index is -1.43. The molecule has 5 N–H and O–H groups in total. The molecule has 2 rings (SSSR count). The summed E-state index contributed by atoms with van der Waals surface area (Å²) < 4.78 is 4.93. The molecule has 3 amide bonds. The molecule has 1 unspecified atom stereocenters. The molecule has 0 heterocycles. The van der Waals surface area contributed by atoms with Gasteiger partial charge in [0.25, 0.3) is 11.8 Å². The van der Waals surface area contributed by atoms with Crippen LogP contribution in [0, 0.1) is 5.92 Å². The third-order valence-electron chi connectivity index (χ3n) is 4.44. The van der Waals surface area contributed by atoms with Gasteiger partial charge in [0.2, 0.25) is 0 Å². The van der Waals surface area contributed by atoms with Crippen LogP contribution < -0.4 is 16.4 Å². The van der Waals surface area contributed by atoms with E-state index >= 15 is 0 Å². The van der Waals surface area contributed by atoms with Crippen LogP contribution in [-0.4, -0.2) is 47.3 Å². The van der Waals surface area contributed by atoms with Crippen LogP contribution in [0.1, 0.15) is 38.7 Å². The van der Waals surface area contributed by atoms with E-state index < -0.39 is 36.2 Å². The summed E-state index contributed by atoms with van der Waals surface area (Å²) in [5.74, 6) is -1.04. The van der Waals surface area contributed by atoms with Gasteiger partial charge in [-0.3, -0.25) is 9.59 Å². The fourth-order valence-electron chi connectivity index (χ4n) is 2.86. The van der Waals surface area contributed by atoms with Gasteiger partial charge in [0.05, 0.1) is 6.04 Å². The number of hydrogen-bond acceptors (Lipinski definition) is 5. The Kier molecular flexibility index (Phi) is 7.80. The summed E-state index contributed by atoms with van der Waals surface area (Å²) in [4.78, 5) is 36.2. The average Bonchev–Trinajstić information content (AvgIpc) is 3.44. The Morgan fingerprint density at radius 1 is 1.18 bits per heavy atom. The number of carbonyl (C=O) groups is 3. The molecule has 1 aromatic carbocycles. The highest BCUT2D eigenvalue weighted by Crippen LogP contribution is 2.19. The highest BCUT2D eigenvalue weighted by molar-refractivity contribution is 5.86. The number of nitrogens with one attached hydrogen (secondary N) is 2. The van der Waals surface area contributed by atoms with Crippen molar-refractivity contribution >= 4 is 17.9 Å². The number of aliphatic hydroxyl groups excluding tert-OH is 1. The van der Waals surface area contributed by atoms with Crippen LogP contribution in [0.2, 0.25) is 0 Å². The molecule has 28 heavy (non-hydrogen) atoms. The van der Waals surface area contributed by atoms with E-state index in [1.54, 1.807) is 0 Å². The predicted octanol–water partition coefficient (Wildman–Crippen LogP) is 0.863. The second-order valence-corrected chi connectivity index (χ2v) is 7.59. The van der Waals surface area contributed by atoms with Crippen LogP contribution in [0.3, 0.4) is 0 Å². The van der Waals surface area contributed by atoms with Crippen molar-refractivity contribution in [2.24, 2.45) is 11.7 Å². The van der Waals surface area contributed by atoms with Crippen LogP contribution >= 0.6 is 0 Å². The molecule has 1 saturated carbocycles.